The van der Waals surface area contributed by atoms with E-state index >= 15 is 0 Å². The van der Waals surface area contributed by atoms with Crippen LogP contribution >= 0.6 is 0 Å². The van der Waals surface area contributed by atoms with E-state index in [-0.39, 0.29) is 5.82 Å². The number of hydrogen-bond donors (Lipinski definition) is 2. The molecule has 0 atom stereocenters. The van der Waals surface area contributed by atoms with Gasteiger partial charge in [0.05, 0.1) is 5.52 Å². The molecule has 0 unspecified atom stereocenters. The molecule has 100 valence electrons. The van der Waals surface area contributed by atoms with Crippen molar-refractivity contribution >= 4 is 28.1 Å². The van der Waals surface area contributed by atoms with Gasteiger partial charge < -0.3 is 11.1 Å². The molecule has 0 aliphatic rings. The summed E-state index contributed by atoms with van der Waals surface area (Å²) >= 11 is 0. The molecule has 3 N–H and O–H groups in total. The van der Waals surface area contributed by atoms with Crippen LogP contribution in [0.2, 0.25) is 0 Å². The highest BCUT2D eigenvalue weighted by atomic mass is 19.1. The maximum absolute atomic E-state index is 13.5. The van der Waals surface area contributed by atoms with Crippen LogP contribution in [0.4, 0.5) is 21.6 Å². The predicted molar refractivity (Wildman–Crippen MR) is 80.6 cm³/mol. The molecule has 0 saturated heterocycles. The van der Waals surface area contributed by atoms with E-state index in [1.165, 1.54) is 6.07 Å². The Labute approximate surface area is 116 Å². The van der Waals surface area contributed by atoms with Crippen LogP contribution in [0, 0.1) is 12.7 Å². The molecule has 0 amide bonds. The minimum Gasteiger partial charge on any atom is -0.399 e. The lowest BCUT2D eigenvalue weighted by atomic mass is 10.2. The third kappa shape index (κ3) is 2.40. The van der Waals surface area contributed by atoms with Crippen molar-refractivity contribution in [3.8, 4) is 0 Å². The van der Waals surface area contributed by atoms with Crippen molar-refractivity contribution in [1.29, 1.82) is 0 Å². The largest absolute Gasteiger partial charge is 0.399 e. The van der Waals surface area contributed by atoms with Gasteiger partial charge in [0.15, 0.2) is 0 Å². The Morgan fingerprint density at radius 3 is 2.70 bits per heavy atom. The van der Waals surface area contributed by atoms with Crippen LogP contribution in [-0.2, 0) is 0 Å². The highest BCUT2D eigenvalue weighted by molar-refractivity contribution is 5.83. The maximum atomic E-state index is 13.5. The first-order valence-corrected chi connectivity index (χ1v) is 6.31. The van der Waals surface area contributed by atoms with E-state index in [2.05, 4.69) is 10.3 Å². The Hall–Kier alpha value is -2.62. The van der Waals surface area contributed by atoms with Gasteiger partial charge in [-0.3, -0.25) is 0 Å². The van der Waals surface area contributed by atoms with E-state index in [1.807, 2.05) is 36.4 Å². The summed E-state index contributed by atoms with van der Waals surface area (Å²) in [6.45, 7) is 1.73. The Kier molecular flexibility index (Phi) is 2.99. The van der Waals surface area contributed by atoms with Gasteiger partial charge >= 0.3 is 0 Å². The Bertz CT molecular complexity index is 784. The van der Waals surface area contributed by atoms with Gasteiger partial charge in [-0.05, 0) is 55.0 Å². The quantitative estimate of drug-likeness (QED) is 0.690. The topological polar surface area (TPSA) is 50.9 Å². The maximum Gasteiger partial charge on any atom is 0.131 e. The number of anilines is 3. The SMILES string of the molecule is Cc1ccc(Nc2ccc3cc(N)ccc3n2)cc1F. The van der Waals surface area contributed by atoms with Crippen molar-refractivity contribution in [1.82, 2.24) is 4.98 Å². The summed E-state index contributed by atoms with van der Waals surface area (Å²) in [4.78, 5) is 4.47. The number of nitrogens with zero attached hydrogens (tertiary/aromatic N) is 1. The molecule has 0 saturated carbocycles. The minimum atomic E-state index is -0.233. The third-order valence-electron chi connectivity index (χ3n) is 3.16. The van der Waals surface area contributed by atoms with Crippen LogP contribution in [0.3, 0.4) is 0 Å². The fourth-order valence-electron chi connectivity index (χ4n) is 2.03. The monoisotopic (exact) mass is 267 g/mol. The third-order valence-corrected chi connectivity index (χ3v) is 3.16. The van der Waals surface area contributed by atoms with E-state index in [1.54, 1.807) is 13.0 Å². The smallest absolute Gasteiger partial charge is 0.131 e. The molecule has 0 spiro atoms. The van der Waals surface area contributed by atoms with Crippen LogP contribution in [-0.4, -0.2) is 4.98 Å². The number of benzene rings is 2. The number of nitrogens with two attached hydrogens (primary N) is 1. The van der Waals surface area contributed by atoms with E-state index in [4.69, 9.17) is 5.73 Å². The second-order valence-corrected chi connectivity index (χ2v) is 4.74. The summed E-state index contributed by atoms with van der Waals surface area (Å²) in [6, 6.07) is 14.4. The van der Waals surface area contributed by atoms with Gasteiger partial charge in [0.2, 0.25) is 0 Å². The number of aryl methyl sites for hydroxylation is 1. The van der Waals surface area contributed by atoms with Crippen molar-refractivity contribution < 1.29 is 4.39 Å². The molecule has 0 aliphatic carbocycles. The first kappa shape index (κ1) is 12.4. The summed E-state index contributed by atoms with van der Waals surface area (Å²) in [7, 11) is 0. The molecule has 2 aromatic carbocycles. The van der Waals surface area contributed by atoms with Crippen LogP contribution in [0.25, 0.3) is 10.9 Å². The summed E-state index contributed by atoms with van der Waals surface area (Å²) in [5.74, 6) is 0.439. The molecule has 0 bridgehead atoms. The number of nitrogen functional groups attached to an aromatic ring is 1. The van der Waals surface area contributed by atoms with Crippen LogP contribution in [0.5, 0.6) is 0 Å². The molecule has 3 aromatic rings. The van der Waals surface area contributed by atoms with E-state index in [0.717, 1.165) is 10.9 Å². The highest BCUT2D eigenvalue weighted by Gasteiger charge is 2.02. The standard InChI is InChI=1S/C16H14FN3/c1-10-2-5-13(9-14(10)17)19-16-7-3-11-8-12(18)4-6-15(11)20-16/h2-9H,18H2,1H3,(H,19,20). The number of aromatic nitrogens is 1. The lowest BCUT2D eigenvalue weighted by molar-refractivity contribution is 0.619. The van der Waals surface area contributed by atoms with Gasteiger partial charge in [-0.1, -0.05) is 6.07 Å². The molecule has 3 rings (SSSR count). The fourth-order valence-corrected chi connectivity index (χ4v) is 2.03. The second kappa shape index (κ2) is 4.81. The van der Waals surface area contributed by atoms with Gasteiger partial charge in [0.25, 0.3) is 0 Å². The molecule has 4 heteroatoms. The lowest BCUT2D eigenvalue weighted by Gasteiger charge is -2.08. The number of hydrogen-bond acceptors (Lipinski definition) is 3. The van der Waals surface area contributed by atoms with E-state index in [0.29, 0.717) is 22.8 Å². The van der Waals surface area contributed by atoms with Crippen LogP contribution in [0.15, 0.2) is 48.5 Å². The molecule has 0 fully saturated rings. The second-order valence-electron chi connectivity index (χ2n) is 4.74. The minimum absolute atomic E-state index is 0.233. The molecule has 1 aromatic heterocycles. The molecule has 0 radical (unpaired) electrons. The molecule has 0 aliphatic heterocycles. The van der Waals surface area contributed by atoms with Gasteiger partial charge in [0.1, 0.15) is 11.6 Å². The van der Waals surface area contributed by atoms with Gasteiger partial charge in [-0.2, -0.15) is 0 Å². The zero-order valence-electron chi connectivity index (χ0n) is 11.0. The van der Waals surface area contributed by atoms with Crippen molar-refractivity contribution in [3.05, 3.63) is 59.9 Å². The van der Waals surface area contributed by atoms with Gasteiger partial charge in [-0.15, -0.1) is 0 Å². The number of halogens is 1. The summed E-state index contributed by atoms with van der Waals surface area (Å²) in [5.41, 5.74) is 8.58. The van der Waals surface area contributed by atoms with Gasteiger partial charge in [-0.25, -0.2) is 9.37 Å². The molecular formula is C16H14FN3. The summed E-state index contributed by atoms with van der Waals surface area (Å²) in [6.07, 6.45) is 0. The molecule has 1 heterocycles. The Morgan fingerprint density at radius 1 is 1.05 bits per heavy atom. The first-order chi connectivity index (χ1) is 9.61. The number of pyridine rings is 1. The highest BCUT2D eigenvalue weighted by Crippen LogP contribution is 2.21. The summed E-state index contributed by atoms with van der Waals surface area (Å²) < 4.78 is 13.5. The van der Waals surface area contributed by atoms with Crippen LogP contribution < -0.4 is 11.1 Å². The van der Waals surface area contributed by atoms with Crippen molar-refractivity contribution in [2.45, 2.75) is 6.92 Å². The molecule has 20 heavy (non-hydrogen) atoms. The summed E-state index contributed by atoms with van der Waals surface area (Å²) in [5, 5.41) is 4.07. The number of rotatable bonds is 2. The predicted octanol–water partition coefficient (Wildman–Crippen LogP) is 4.01. The molecular weight excluding hydrogens is 253 g/mol. The van der Waals surface area contributed by atoms with Crippen molar-refractivity contribution in [2.75, 3.05) is 11.1 Å². The average molecular weight is 267 g/mol. The Morgan fingerprint density at radius 2 is 1.90 bits per heavy atom. The fraction of sp³-hybridized carbons (Fsp3) is 0.0625. The van der Waals surface area contributed by atoms with Gasteiger partial charge in [0, 0.05) is 16.8 Å². The lowest BCUT2D eigenvalue weighted by Crippen LogP contribution is -1.95. The van der Waals surface area contributed by atoms with Crippen LogP contribution in [0.1, 0.15) is 5.56 Å². The zero-order valence-corrected chi connectivity index (χ0v) is 11.0. The molecule has 3 nitrogen and oxygen atoms in total. The normalized spacial score (nSPS) is 10.7. The zero-order chi connectivity index (χ0) is 14.1. The first-order valence-electron chi connectivity index (χ1n) is 6.31. The Balaban J connectivity index is 1.94. The van der Waals surface area contributed by atoms with Crippen molar-refractivity contribution in [3.63, 3.8) is 0 Å². The van der Waals surface area contributed by atoms with Crippen molar-refractivity contribution in [2.24, 2.45) is 0 Å². The van der Waals surface area contributed by atoms with E-state index in [9.17, 15) is 4.39 Å². The van der Waals surface area contributed by atoms with E-state index < -0.39 is 0 Å². The number of nitrogens with one attached hydrogen (secondary N) is 1. The average Bonchev–Trinajstić information content (AvgIpc) is 2.43. The number of fused-ring (bicyclic) bond motifs is 1.